The predicted octanol–water partition coefficient (Wildman–Crippen LogP) is 0.115. The molecule has 1 aromatic heterocycles. The molecule has 5 nitrogen and oxygen atoms in total. The number of nitrogens with zero attached hydrogens (tertiary/aromatic N) is 1. The molecule has 7 heteroatoms. The first-order valence-electron chi connectivity index (χ1n) is 4.17. The quantitative estimate of drug-likeness (QED) is 0.822. The molecule has 0 aliphatic carbocycles. The second kappa shape index (κ2) is 4.73. The fourth-order valence-corrected chi connectivity index (χ4v) is 2.81. The van der Waals surface area contributed by atoms with E-state index in [-0.39, 0.29) is 16.7 Å². The first-order valence-corrected chi connectivity index (χ1v) is 6.53. The molecule has 0 spiro atoms. The van der Waals surface area contributed by atoms with Crippen LogP contribution in [-0.4, -0.2) is 39.9 Å². The van der Waals surface area contributed by atoms with Crippen LogP contribution in [0.25, 0.3) is 0 Å². The number of likely N-dealkylation sites (N-methyl/N-ethyl adjacent to an activating group) is 1. The van der Waals surface area contributed by atoms with Gasteiger partial charge in [0.05, 0.1) is 6.54 Å². The molecule has 0 unspecified atom stereocenters. The van der Waals surface area contributed by atoms with Gasteiger partial charge in [0.2, 0.25) is 5.91 Å². The number of rotatable bonds is 4. The number of hydrogen-bond acceptors (Lipinski definition) is 4. The molecule has 0 aromatic carbocycles. The standard InChI is InChI=1S/C8H12N2O3S2/c1-10(2)7(11)6-9-15(12,13)8-4-3-5-14-8/h3-5,9H,6H2,1-2H3. The van der Waals surface area contributed by atoms with E-state index in [1.165, 1.54) is 11.0 Å². The summed E-state index contributed by atoms with van der Waals surface area (Å²) in [5.74, 6) is -0.282. The maximum Gasteiger partial charge on any atom is 0.250 e. The minimum absolute atomic E-state index is 0.215. The summed E-state index contributed by atoms with van der Waals surface area (Å²) in [4.78, 5) is 12.5. The largest absolute Gasteiger partial charge is 0.348 e. The van der Waals surface area contributed by atoms with Crippen LogP contribution in [0.1, 0.15) is 0 Å². The number of hydrogen-bond donors (Lipinski definition) is 1. The fourth-order valence-electron chi connectivity index (χ4n) is 0.802. The smallest absolute Gasteiger partial charge is 0.250 e. The van der Waals surface area contributed by atoms with Gasteiger partial charge in [0.25, 0.3) is 10.0 Å². The summed E-state index contributed by atoms with van der Waals surface area (Å²) in [6.07, 6.45) is 0. The molecule has 84 valence electrons. The number of carbonyl (C=O) groups excluding carboxylic acids is 1. The van der Waals surface area contributed by atoms with Crippen LogP contribution in [0.3, 0.4) is 0 Å². The highest BCUT2D eigenvalue weighted by Crippen LogP contribution is 2.14. The minimum atomic E-state index is -3.52. The Labute approximate surface area is 92.8 Å². The molecule has 0 atom stereocenters. The monoisotopic (exact) mass is 248 g/mol. The molecule has 0 saturated heterocycles. The zero-order valence-electron chi connectivity index (χ0n) is 8.43. The van der Waals surface area contributed by atoms with Crippen LogP contribution in [0.2, 0.25) is 0 Å². The van der Waals surface area contributed by atoms with Crippen molar-refractivity contribution in [2.24, 2.45) is 0 Å². The normalized spacial score (nSPS) is 11.3. The second-order valence-electron chi connectivity index (χ2n) is 3.04. The average molecular weight is 248 g/mol. The number of thiophene rings is 1. The van der Waals surface area contributed by atoms with Crippen molar-refractivity contribution in [2.75, 3.05) is 20.6 Å². The zero-order chi connectivity index (χ0) is 11.5. The molecular formula is C8H12N2O3S2. The van der Waals surface area contributed by atoms with Crippen molar-refractivity contribution in [3.05, 3.63) is 17.5 Å². The van der Waals surface area contributed by atoms with Gasteiger partial charge < -0.3 is 4.90 Å². The van der Waals surface area contributed by atoms with Crippen molar-refractivity contribution in [3.8, 4) is 0 Å². The van der Waals surface area contributed by atoms with E-state index in [0.717, 1.165) is 11.3 Å². The van der Waals surface area contributed by atoms with Crippen LogP contribution in [0, 0.1) is 0 Å². The summed E-state index contributed by atoms with van der Waals surface area (Å²) in [6, 6.07) is 3.14. The summed E-state index contributed by atoms with van der Waals surface area (Å²) in [5.41, 5.74) is 0. The van der Waals surface area contributed by atoms with Crippen molar-refractivity contribution in [3.63, 3.8) is 0 Å². The van der Waals surface area contributed by atoms with Crippen LogP contribution in [0.15, 0.2) is 21.7 Å². The molecule has 1 N–H and O–H groups in total. The SMILES string of the molecule is CN(C)C(=O)CNS(=O)(=O)c1cccs1. The lowest BCUT2D eigenvalue weighted by Crippen LogP contribution is -2.35. The van der Waals surface area contributed by atoms with E-state index in [2.05, 4.69) is 4.72 Å². The molecule has 0 radical (unpaired) electrons. The highest BCUT2D eigenvalue weighted by molar-refractivity contribution is 7.91. The maximum atomic E-state index is 11.5. The van der Waals surface area contributed by atoms with Crippen LogP contribution < -0.4 is 4.72 Å². The summed E-state index contributed by atoms with van der Waals surface area (Å²) in [6.45, 7) is -0.215. The number of nitrogens with one attached hydrogen (secondary N) is 1. The molecule has 0 aliphatic rings. The van der Waals surface area contributed by atoms with Crippen LogP contribution in [0.4, 0.5) is 0 Å². The van der Waals surface area contributed by atoms with E-state index in [9.17, 15) is 13.2 Å². The highest BCUT2D eigenvalue weighted by Gasteiger charge is 2.16. The van der Waals surface area contributed by atoms with E-state index >= 15 is 0 Å². The topological polar surface area (TPSA) is 66.5 Å². The van der Waals surface area contributed by atoms with Crippen molar-refractivity contribution in [1.82, 2.24) is 9.62 Å². The second-order valence-corrected chi connectivity index (χ2v) is 5.99. The molecule has 1 aromatic rings. The highest BCUT2D eigenvalue weighted by atomic mass is 32.2. The Morgan fingerprint density at radius 1 is 1.53 bits per heavy atom. The lowest BCUT2D eigenvalue weighted by molar-refractivity contribution is -0.127. The van der Waals surface area contributed by atoms with Gasteiger partial charge in [-0.2, -0.15) is 0 Å². The van der Waals surface area contributed by atoms with Gasteiger partial charge in [-0.15, -0.1) is 11.3 Å². The van der Waals surface area contributed by atoms with Crippen LogP contribution in [0.5, 0.6) is 0 Å². The predicted molar refractivity (Wildman–Crippen MR) is 58.2 cm³/mol. The van der Waals surface area contributed by atoms with Crippen molar-refractivity contribution < 1.29 is 13.2 Å². The third-order valence-corrected chi connectivity index (χ3v) is 4.47. The van der Waals surface area contributed by atoms with E-state index in [0.29, 0.717) is 0 Å². The van der Waals surface area contributed by atoms with E-state index in [1.807, 2.05) is 0 Å². The lowest BCUT2D eigenvalue weighted by Gasteiger charge is -2.10. The van der Waals surface area contributed by atoms with Crippen LogP contribution in [-0.2, 0) is 14.8 Å². The van der Waals surface area contributed by atoms with Crippen molar-refractivity contribution >= 4 is 27.3 Å². The Kier molecular flexibility index (Phi) is 3.83. The van der Waals surface area contributed by atoms with Gasteiger partial charge >= 0.3 is 0 Å². The van der Waals surface area contributed by atoms with Crippen LogP contribution >= 0.6 is 11.3 Å². The molecule has 15 heavy (non-hydrogen) atoms. The summed E-state index contributed by atoms with van der Waals surface area (Å²) in [7, 11) is -0.382. The lowest BCUT2D eigenvalue weighted by atomic mass is 10.6. The summed E-state index contributed by atoms with van der Waals surface area (Å²) in [5, 5.41) is 1.67. The van der Waals surface area contributed by atoms with E-state index in [4.69, 9.17) is 0 Å². The zero-order valence-corrected chi connectivity index (χ0v) is 10.1. The van der Waals surface area contributed by atoms with Gasteiger partial charge in [0.1, 0.15) is 4.21 Å². The van der Waals surface area contributed by atoms with Gasteiger partial charge in [-0.3, -0.25) is 4.79 Å². The summed E-state index contributed by atoms with van der Waals surface area (Å²) >= 11 is 1.11. The van der Waals surface area contributed by atoms with Crippen molar-refractivity contribution in [2.45, 2.75) is 4.21 Å². The summed E-state index contributed by atoms with van der Waals surface area (Å²) < 4.78 is 25.5. The van der Waals surface area contributed by atoms with Gasteiger partial charge in [-0.25, -0.2) is 13.1 Å². The Bertz CT molecular complexity index is 423. The van der Waals surface area contributed by atoms with Gasteiger partial charge in [-0.05, 0) is 11.4 Å². The van der Waals surface area contributed by atoms with Gasteiger partial charge in [0.15, 0.2) is 0 Å². The van der Waals surface area contributed by atoms with Crippen molar-refractivity contribution in [1.29, 1.82) is 0 Å². The third-order valence-electron chi connectivity index (χ3n) is 1.67. The first kappa shape index (κ1) is 12.2. The number of sulfonamides is 1. The molecule has 0 saturated carbocycles. The molecule has 1 heterocycles. The van der Waals surface area contributed by atoms with E-state index < -0.39 is 10.0 Å². The molecule has 1 amide bonds. The Balaban J connectivity index is 2.63. The number of amides is 1. The third kappa shape index (κ3) is 3.29. The molecule has 0 aliphatic heterocycles. The minimum Gasteiger partial charge on any atom is -0.348 e. The first-order chi connectivity index (χ1) is 6.93. The Morgan fingerprint density at radius 3 is 2.67 bits per heavy atom. The van der Waals surface area contributed by atoms with Gasteiger partial charge in [0, 0.05) is 14.1 Å². The maximum absolute atomic E-state index is 11.5. The molecule has 0 fully saturated rings. The van der Waals surface area contributed by atoms with Gasteiger partial charge in [-0.1, -0.05) is 6.07 Å². The molecular weight excluding hydrogens is 236 g/mol. The average Bonchev–Trinajstić information content (AvgIpc) is 2.67. The number of carbonyl (C=O) groups is 1. The fraction of sp³-hybridized carbons (Fsp3) is 0.375. The Morgan fingerprint density at radius 2 is 2.20 bits per heavy atom. The Hall–Kier alpha value is -0.920. The molecule has 0 bridgehead atoms. The molecule has 1 rings (SSSR count). The van der Waals surface area contributed by atoms with E-state index in [1.54, 1.807) is 25.5 Å².